The summed E-state index contributed by atoms with van der Waals surface area (Å²) < 4.78 is 0. The molecule has 0 aromatic heterocycles. The Balaban J connectivity index is 1.75. The fourth-order valence-corrected chi connectivity index (χ4v) is 4.02. The fraction of sp³-hybridized carbons (Fsp3) is 0.571. The highest BCUT2D eigenvalue weighted by Gasteiger charge is 2.49. The zero-order valence-corrected chi connectivity index (χ0v) is 16.4. The lowest BCUT2D eigenvalue weighted by atomic mass is 9.85. The van der Waals surface area contributed by atoms with Crippen LogP contribution >= 0.6 is 0 Å². The molecule has 0 radical (unpaired) electrons. The van der Waals surface area contributed by atoms with Crippen molar-refractivity contribution in [2.24, 2.45) is 5.92 Å². The number of rotatable bonds is 6. The van der Waals surface area contributed by atoms with Gasteiger partial charge in [0, 0.05) is 18.6 Å². The molecule has 1 aromatic carbocycles. The Kier molecular flexibility index (Phi) is 5.95. The molecule has 6 nitrogen and oxygen atoms in total. The number of hydrogen-bond acceptors (Lipinski definition) is 4. The van der Waals surface area contributed by atoms with Crippen LogP contribution < -0.4 is 0 Å². The first-order valence-corrected chi connectivity index (χ1v) is 9.87. The van der Waals surface area contributed by atoms with Crippen LogP contribution in [0.2, 0.25) is 0 Å². The Morgan fingerprint density at radius 3 is 2.33 bits per heavy atom. The number of urea groups is 1. The monoisotopic (exact) mass is 371 g/mol. The van der Waals surface area contributed by atoms with E-state index < -0.39 is 17.8 Å². The number of amides is 4. The molecule has 2 aliphatic rings. The summed E-state index contributed by atoms with van der Waals surface area (Å²) in [7, 11) is 0. The van der Waals surface area contributed by atoms with Crippen molar-refractivity contribution < 1.29 is 14.4 Å². The Morgan fingerprint density at radius 1 is 1.04 bits per heavy atom. The standard InChI is InChI=1S/C21H29N3O3/c1-15(2)22(13-17-10-5-4-6-11-17)14-23-19(25)20(26)24(21(23)27)18-12-8-7-9-16(18)3/h4-6,10-11,15-16,18H,7-9,12-14H2,1-3H3/t16-,18+/m0/s1. The molecule has 3 rings (SSSR count). The van der Waals surface area contributed by atoms with Crippen molar-refractivity contribution in [2.75, 3.05) is 6.67 Å². The van der Waals surface area contributed by atoms with Crippen LogP contribution in [0.3, 0.4) is 0 Å². The second kappa shape index (κ2) is 8.21. The van der Waals surface area contributed by atoms with Gasteiger partial charge in [0.25, 0.3) is 0 Å². The van der Waals surface area contributed by atoms with Gasteiger partial charge < -0.3 is 0 Å². The molecule has 1 aromatic rings. The van der Waals surface area contributed by atoms with E-state index in [0.29, 0.717) is 6.54 Å². The Hall–Kier alpha value is -2.21. The lowest BCUT2D eigenvalue weighted by Gasteiger charge is -2.34. The van der Waals surface area contributed by atoms with Crippen molar-refractivity contribution in [1.29, 1.82) is 0 Å². The van der Waals surface area contributed by atoms with Gasteiger partial charge in [-0.05, 0) is 38.2 Å². The second-order valence-electron chi connectivity index (χ2n) is 7.99. The van der Waals surface area contributed by atoms with E-state index in [1.54, 1.807) is 0 Å². The predicted octanol–water partition coefficient (Wildman–Crippen LogP) is 3.22. The molecule has 0 N–H and O–H groups in total. The maximum Gasteiger partial charge on any atom is 0.335 e. The molecule has 6 heteroatoms. The van der Waals surface area contributed by atoms with E-state index in [9.17, 15) is 14.4 Å². The third kappa shape index (κ3) is 4.05. The third-order valence-electron chi connectivity index (χ3n) is 5.76. The summed E-state index contributed by atoms with van der Waals surface area (Å²) >= 11 is 0. The van der Waals surface area contributed by atoms with Crippen LogP contribution in [-0.2, 0) is 16.1 Å². The van der Waals surface area contributed by atoms with Crippen LogP contribution in [0, 0.1) is 5.92 Å². The minimum atomic E-state index is -0.698. The topological polar surface area (TPSA) is 60.9 Å². The molecule has 1 saturated heterocycles. The van der Waals surface area contributed by atoms with Crippen LogP contribution in [0.25, 0.3) is 0 Å². The molecule has 146 valence electrons. The summed E-state index contributed by atoms with van der Waals surface area (Å²) in [4.78, 5) is 42.5. The van der Waals surface area contributed by atoms with Gasteiger partial charge in [-0.2, -0.15) is 0 Å². The summed E-state index contributed by atoms with van der Waals surface area (Å²) in [5.41, 5.74) is 1.11. The van der Waals surface area contributed by atoms with Crippen molar-refractivity contribution >= 4 is 17.8 Å². The van der Waals surface area contributed by atoms with Gasteiger partial charge in [0.15, 0.2) is 0 Å². The van der Waals surface area contributed by atoms with Crippen LogP contribution in [0.4, 0.5) is 4.79 Å². The van der Waals surface area contributed by atoms with E-state index in [1.165, 1.54) is 4.90 Å². The van der Waals surface area contributed by atoms with Crippen LogP contribution in [0.1, 0.15) is 52.0 Å². The largest absolute Gasteiger partial charge is 0.335 e. The lowest BCUT2D eigenvalue weighted by molar-refractivity contribution is -0.145. The summed E-state index contributed by atoms with van der Waals surface area (Å²) in [5, 5.41) is 0. The fourth-order valence-electron chi connectivity index (χ4n) is 4.02. The van der Waals surface area contributed by atoms with E-state index in [1.807, 2.05) is 49.1 Å². The van der Waals surface area contributed by atoms with Gasteiger partial charge in [-0.3, -0.25) is 19.4 Å². The molecule has 0 bridgehead atoms. The average Bonchev–Trinajstić information content (AvgIpc) is 2.86. The maximum absolute atomic E-state index is 13.0. The minimum absolute atomic E-state index is 0.128. The number of carbonyl (C=O) groups excluding carboxylic acids is 3. The Morgan fingerprint density at radius 2 is 1.70 bits per heavy atom. The summed E-state index contributed by atoms with van der Waals surface area (Å²) in [6, 6.07) is 9.44. The first-order valence-electron chi connectivity index (χ1n) is 9.87. The van der Waals surface area contributed by atoms with Gasteiger partial charge in [-0.1, -0.05) is 50.1 Å². The van der Waals surface area contributed by atoms with Gasteiger partial charge >= 0.3 is 17.8 Å². The SMILES string of the molecule is CC(C)N(Cc1ccccc1)CN1C(=O)C(=O)N([C@@H]2CCCC[C@@H]2C)C1=O. The summed E-state index contributed by atoms with van der Waals surface area (Å²) in [6.45, 7) is 6.86. The quantitative estimate of drug-likeness (QED) is 0.569. The van der Waals surface area contributed by atoms with Gasteiger partial charge in [-0.25, -0.2) is 9.69 Å². The highest BCUT2D eigenvalue weighted by molar-refractivity contribution is 6.44. The van der Waals surface area contributed by atoms with Gasteiger partial charge in [0.2, 0.25) is 0 Å². The molecule has 27 heavy (non-hydrogen) atoms. The number of carbonyl (C=O) groups is 3. The van der Waals surface area contributed by atoms with E-state index in [0.717, 1.165) is 36.1 Å². The number of hydrogen-bond donors (Lipinski definition) is 0. The highest BCUT2D eigenvalue weighted by Crippen LogP contribution is 2.31. The maximum atomic E-state index is 13.0. The van der Waals surface area contributed by atoms with Crippen molar-refractivity contribution in [1.82, 2.24) is 14.7 Å². The van der Waals surface area contributed by atoms with E-state index >= 15 is 0 Å². The van der Waals surface area contributed by atoms with Crippen molar-refractivity contribution in [2.45, 2.75) is 65.1 Å². The number of nitrogens with zero attached hydrogens (tertiary/aromatic N) is 3. The van der Waals surface area contributed by atoms with Crippen molar-refractivity contribution in [3.8, 4) is 0 Å². The van der Waals surface area contributed by atoms with Crippen molar-refractivity contribution in [3.63, 3.8) is 0 Å². The first kappa shape index (κ1) is 19.5. The number of benzene rings is 1. The smallest absolute Gasteiger partial charge is 0.279 e. The average molecular weight is 371 g/mol. The molecule has 1 saturated carbocycles. The lowest BCUT2D eigenvalue weighted by Crippen LogP contribution is -2.48. The van der Waals surface area contributed by atoms with E-state index in [-0.39, 0.29) is 24.7 Å². The predicted molar refractivity (Wildman–Crippen MR) is 102 cm³/mol. The normalized spacial score (nSPS) is 23.8. The zero-order valence-electron chi connectivity index (χ0n) is 16.4. The molecule has 1 heterocycles. The second-order valence-corrected chi connectivity index (χ2v) is 7.99. The van der Waals surface area contributed by atoms with Crippen LogP contribution in [-0.4, -0.2) is 51.3 Å². The first-order chi connectivity index (χ1) is 12.9. The number of imide groups is 2. The highest BCUT2D eigenvalue weighted by atomic mass is 16.2. The molecule has 1 aliphatic heterocycles. The van der Waals surface area contributed by atoms with Crippen molar-refractivity contribution in [3.05, 3.63) is 35.9 Å². The third-order valence-corrected chi connectivity index (χ3v) is 5.76. The minimum Gasteiger partial charge on any atom is -0.279 e. The zero-order chi connectivity index (χ0) is 19.6. The van der Waals surface area contributed by atoms with Gasteiger partial charge in [0.1, 0.15) is 0 Å². The molecule has 2 atom stereocenters. The molecular formula is C21H29N3O3. The Bertz CT molecular complexity index is 704. The molecular weight excluding hydrogens is 342 g/mol. The summed E-state index contributed by atoms with van der Waals surface area (Å²) in [5.74, 6) is -1.12. The summed E-state index contributed by atoms with van der Waals surface area (Å²) in [6.07, 6.45) is 3.88. The molecule has 4 amide bonds. The molecule has 0 spiro atoms. The van der Waals surface area contributed by atoms with Gasteiger partial charge in [0.05, 0.1) is 6.67 Å². The Labute approximate surface area is 161 Å². The van der Waals surface area contributed by atoms with E-state index in [2.05, 4.69) is 6.92 Å². The molecule has 2 fully saturated rings. The molecule has 0 unspecified atom stereocenters. The van der Waals surface area contributed by atoms with Gasteiger partial charge in [-0.15, -0.1) is 0 Å². The molecule has 1 aliphatic carbocycles. The van der Waals surface area contributed by atoms with Crippen LogP contribution in [0.15, 0.2) is 30.3 Å². The van der Waals surface area contributed by atoms with Crippen LogP contribution in [0.5, 0.6) is 0 Å². The van der Waals surface area contributed by atoms with E-state index in [4.69, 9.17) is 0 Å².